The Bertz CT molecular complexity index is 897. The van der Waals surface area contributed by atoms with Gasteiger partial charge in [0.15, 0.2) is 0 Å². The number of likely N-dealkylation sites (tertiary alicyclic amines) is 1. The highest BCUT2D eigenvalue weighted by Gasteiger charge is 2.20. The van der Waals surface area contributed by atoms with Gasteiger partial charge >= 0.3 is 0 Å². The Morgan fingerprint density at radius 2 is 1.92 bits per heavy atom. The molecule has 1 aliphatic rings. The van der Waals surface area contributed by atoms with E-state index in [1.807, 2.05) is 47.4 Å². The van der Waals surface area contributed by atoms with Gasteiger partial charge in [0.05, 0.1) is 16.7 Å². The summed E-state index contributed by atoms with van der Waals surface area (Å²) >= 11 is 6.06. The number of benzene rings is 1. The molecule has 3 aromatic rings. The standard InChI is InChI=1S/C19H18ClN3O/c20-14-6-4-5-13(11-14)15-7-8-16-17(21-15)12-18(22-16)19(24)23-9-2-1-3-10-23/h4-8,11-12,22H,1-3,9-10H2. The number of nitrogens with zero attached hydrogens (tertiary/aromatic N) is 2. The maximum Gasteiger partial charge on any atom is 0.270 e. The molecule has 0 spiro atoms. The second kappa shape index (κ2) is 6.29. The number of fused-ring (bicyclic) bond motifs is 1. The van der Waals surface area contributed by atoms with Gasteiger partial charge in [0.2, 0.25) is 0 Å². The molecule has 0 aliphatic carbocycles. The average molecular weight is 340 g/mol. The first-order valence-electron chi connectivity index (χ1n) is 8.26. The lowest BCUT2D eigenvalue weighted by Crippen LogP contribution is -2.35. The molecule has 1 saturated heterocycles. The van der Waals surface area contributed by atoms with Crippen LogP contribution in [0.1, 0.15) is 29.8 Å². The Labute approximate surface area is 145 Å². The SMILES string of the molecule is O=C(c1cc2nc(-c3cccc(Cl)c3)ccc2[nH]1)N1CCCCC1. The van der Waals surface area contributed by atoms with Crippen LogP contribution in [0, 0.1) is 0 Å². The van der Waals surface area contributed by atoms with Crippen LogP contribution in [0.25, 0.3) is 22.3 Å². The van der Waals surface area contributed by atoms with Crippen molar-refractivity contribution in [2.24, 2.45) is 0 Å². The normalized spacial score (nSPS) is 15.0. The first-order chi connectivity index (χ1) is 11.7. The number of piperidine rings is 1. The third-order valence-electron chi connectivity index (χ3n) is 4.47. The van der Waals surface area contributed by atoms with Gasteiger partial charge in [-0.05, 0) is 49.6 Å². The van der Waals surface area contributed by atoms with Crippen LogP contribution in [0.15, 0.2) is 42.5 Å². The van der Waals surface area contributed by atoms with Gasteiger partial charge in [-0.15, -0.1) is 0 Å². The molecule has 122 valence electrons. The number of carbonyl (C=O) groups excluding carboxylic acids is 1. The number of nitrogens with one attached hydrogen (secondary N) is 1. The minimum absolute atomic E-state index is 0.0667. The largest absolute Gasteiger partial charge is 0.349 e. The lowest BCUT2D eigenvalue weighted by molar-refractivity contribution is 0.0719. The van der Waals surface area contributed by atoms with Crippen molar-refractivity contribution < 1.29 is 4.79 Å². The molecule has 1 amide bonds. The van der Waals surface area contributed by atoms with Crippen molar-refractivity contribution in [3.8, 4) is 11.3 Å². The Hall–Kier alpha value is -2.33. The van der Waals surface area contributed by atoms with E-state index in [0.29, 0.717) is 10.7 Å². The molecule has 1 aliphatic heterocycles. The predicted octanol–water partition coefficient (Wildman–Crippen LogP) is 4.51. The van der Waals surface area contributed by atoms with Crippen molar-refractivity contribution in [2.75, 3.05) is 13.1 Å². The molecule has 1 N–H and O–H groups in total. The van der Waals surface area contributed by atoms with E-state index >= 15 is 0 Å². The second-order valence-electron chi connectivity index (χ2n) is 6.18. The minimum atomic E-state index is 0.0667. The fourth-order valence-corrected chi connectivity index (χ4v) is 3.39. The summed E-state index contributed by atoms with van der Waals surface area (Å²) in [5.41, 5.74) is 4.10. The first-order valence-corrected chi connectivity index (χ1v) is 8.63. The van der Waals surface area contributed by atoms with Crippen LogP contribution in [0.5, 0.6) is 0 Å². The molecule has 4 nitrogen and oxygen atoms in total. The molecule has 0 unspecified atom stereocenters. The Morgan fingerprint density at radius 1 is 1.08 bits per heavy atom. The van der Waals surface area contributed by atoms with Crippen molar-refractivity contribution in [1.29, 1.82) is 0 Å². The van der Waals surface area contributed by atoms with E-state index in [1.54, 1.807) is 0 Å². The number of aromatic nitrogens is 2. The van der Waals surface area contributed by atoms with Crippen LogP contribution in [0.2, 0.25) is 5.02 Å². The third-order valence-corrected chi connectivity index (χ3v) is 4.70. The molecular formula is C19H18ClN3O. The second-order valence-corrected chi connectivity index (χ2v) is 6.61. The van der Waals surface area contributed by atoms with Crippen LogP contribution in [-0.2, 0) is 0 Å². The fourth-order valence-electron chi connectivity index (χ4n) is 3.20. The maximum absolute atomic E-state index is 12.6. The highest BCUT2D eigenvalue weighted by atomic mass is 35.5. The lowest BCUT2D eigenvalue weighted by atomic mass is 10.1. The van der Waals surface area contributed by atoms with Gasteiger partial charge < -0.3 is 9.88 Å². The zero-order valence-electron chi connectivity index (χ0n) is 13.3. The van der Waals surface area contributed by atoms with E-state index in [9.17, 15) is 4.79 Å². The number of halogens is 1. The molecule has 24 heavy (non-hydrogen) atoms. The molecule has 1 aromatic carbocycles. The summed E-state index contributed by atoms with van der Waals surface area (Å²) in [6.45, 7) is 1.69. The topological polar surface area (TPSA) is 49.0 Å². The van der Waals surface area contributed by atoms with Gasteiger partial charge in [-0.25, -0.2) is 4.98 Å². The summed E-state index contributed by atoms with van der Waals surface area (Å²) in [5.74, 6) is 0.0667. The number of amides is 1. The van der Waals surface area contributed by atoms with Gasteiger partial charge in [-0.1, -0.05) is 23.7 Å². The van der Waals surface area contributed by atoms with Crippen LogP contribution >= 0.6 is 11.6 Å². The molecule has 0 atom stereocenters. The van der Waals surface area contributed by atoms with E-state index in [0.717, 1.165) is 48.2 Å². The summed E-state index contributed by atoms with van der Waals surface area (Å²) in [5, 5.41) is 0.685. The number of hydrogen-bond donors (Lipinski definition) is 1. The molecular weight excluding hydrogens is 322 g/mol. The first kappa shape index (κ1) is 15.2. The van der Waals surface area contributed by atoms with Crippen LogP contribution in [-0.4, -0.2) is 33.9 Å². The van der Waals surface area contributed by atoms with Gasteiger partial charge in [-0.3, -0.25) is 4.79 Å². The van der Waals surface area contributed by atoms with Crippen molar-refractivity contribution in [3.63, 3.8) is 0 Å². The summed E-state index contributed by atoms with van der Waals surface area (Å²) in [6, 6.07) is 13.4. The van der Waals surface area contributed by atoms with Crippen molar-refractivity contribution in [3.05, 3.63) is 53.2 Å². The van der Waals surface area contributed by atoms with E-state index in [4.69, 9.17) is 11.6 Å². The monoisotopic (exact) mass is 339 g/mol. The molecule has 2 aromatic heterocycles. The van der Waals surface area contributed by atoms with Gasteiger partial charge in [0.25, 0.3) is 5.91 Å². The van der Waals surface area contributed by atoms with E-state index in [1.165, 1.54) is 6.42 Å². The number of hydrogen-bond acceptors (Lipinski definition) is 2. The molecule has 0 bridgehead atoms. The number of H-pyrrole nitrogens is 1. The highest BCUT2D eigenvalue weighted by Crippen LogP contribution is 2.24. The quantitative estimate of drug-likeness (QED) is 0.746. The number of pyridine rings is 1. The van der Waals surface area contributed by atoms with Crippen molar-refractivity contribution in [1.82, 2.24) is 14.9 Å². The fraction of sp³-hybridized carbons (Fsp3) is 0.263. The molecule has 0 radical (unpaired) electrons. The Morgan fingerprint density at radius 3 is 2.71 bits per heavy atom. The third kappa shape index (κ3) is 2.89. The van der Waals surface area contributed by atoms with Gasteiger partial charge in [-0.2, -0.15) is 0 Å². The summed E-state index contributed by atoms with van der Waals surface area (Å²) in [7, 11) is 0. The van der Waals surface area contributed by atoms with Crippen molar-refractivity contribution >= 4 is 28.5 Å². The van der Waals surface area contributed by atoms with Crippen LogP contribution in [0.3, 0.4) is 0 Å². The Balaban J connectivity index is 1.67. The van der Waals surface area contributed by atoms with Gasteiger partial charge in [0, 0.05) is 23.7 Å². The molecule has 4 rings (SSSR count). The lowest BCUT2D eigenvalue weighted by Gasteiger charge is -2.26. The Kier molecular flexibility index (Phi) is 3.98. The molecule has 5 heteroatoms. The van der Waals surface area contributed by atoms with Crippen LogP contribution in [0.4, 0.5) is 0 Å². The molecule has 3 heterocycles. The summed E-state index contributed by atoms with van der Waals surface area (Å²) in [6.07, 6.45) is 3.38. The zero-order chi connectivity index (χ0) is 16.5. The maximum atomic E-state index is 12.6. The van der Waals surface area contributed by atoms with E-state index in [-0.39, 0.29) is 5.91 Å². The smallest absolute Gasteiger partial charge is 0.270 e. The highest BCUT2D eigenvalue weighted by molar-refractivity contribution is 6.30. The molecule has 1 fully saturated rings. The summed E-state index contributed by atoms with van der Waals surface area (Å²) in [4.78, 5) is 22.4. The number of aromatic amines is 1. The molecule has 0 saturated carbocycles. The average Bonchev–Trinajstić information content (AvgIpc) is 3.05. The van der Waals surface area contributed by atoms with Crippen LogP contribution < -0.4 is 0 Å². The summed E-state index contributed by atoms with van der Waals surface area (Å²) < 4.78 is 0. The van der Waals surface area contributed by atoms with Gasteiger partial charge in [0.1, 0.15) is 5.69 Å². The zero-order valence-corrected chi connectivity index (χ0v) is 14.0. The van der Waals surface area contributed by atoms with E-state index < -0.39 is 0 Å². The minimum Gasteiger partial charge on any atom is -0.349 e. The van der Waals surface area contributed by atoms with Crippen molar-refractivity contribution in [2.45, 2.75) is 19.3 Å². The predicted molar refractivity (Wildman–Crippen MR) is 96.3 cm³/mol. The number of carbonyl (C=O) groups is 1. The number of rotatable bonds is 2. The van der Waals surface area contributed by atoms with E-state index in [2.05, 4.69) is 9.97 Å².